The summed E-state index contributed by atoms with van der Waals surface area (Å²) in [6.45, 7) is -0.112. The lowest BCUT2D eigenvalue weighted by Gasteiger charge is -2.10. The van der Waals surface area contributed by atoms with Crippen molar-refractivity contribution in [3.63, 3.8) is 0 Å². The Morgan fingerprint density at radius 3 is 2.32 bits per heavy atom. The highest BCUT2D eigenvalue weighted by atomic mass is 16.5. The molecule has 0 bridgehead atoms. The van der Waals surface area contributed by atoms with Crippen LogP contribution in [0.1, 0.15) is 36.9 Å². The quantitative estimate of drug-likeness (QED) is 0.624. The van der Waals surface area contributed by atoms with Crippen molar-refractivity contribution in [1.29, 1.82) is 0 Å². The molecule has 9 heteroatoms. The average molecular weight is 380 g/mol. The number of carbonyl (C=O) groups excluding carboxylic acids is 2. The number of amides is 1. The summed E-state index contributed by atoms with van der Waals surface area (Å²) in [7, 11) is 1.22. The molecule has 28 heavy (non-hydrogen) atoms. The number of carbonyl (C=O) groups is 3. The molecule has 0 spiro atoms. The van der Waals surface area contributed by atoms with Crippen molar-refractivity contribution in [1.82, 2.24) is 20.3 Å². The highest BCUT2D eigenvalue weighted by molar-refractivity contribution is 6.04. The van der Waals surface area contributed by atoms with E-state index in [2.05, 4.69) is 15.6 Å². The van der Waals surface area contributed by atoms with Gasteiger partial charge in [-0.05, 0) is 24.3 Å². The van der Waals surface area contributed by atoms with E-state index in [0.717, 1.165) is 0 Å². The first-order chi connectivity index (χ1) is 13.5. The molecule has 0 saturated carbocycles. The SMILES string of the molecule is COC(=O)c1nnn(-c2ccccc2)c1CNC(=O)c1ccccc1C(=O)O. The topological polar surface area (TPSA) is 123 Å². The van der Waals surface area contributed by atoms with Crippen LogP contribution in [0.15, 0.2) is 54.6 Å². The number of hydrogen-bond donors (Lipinski definition) is 2. The summed E-state index contributed by atoms with van der Waals surface area (Å²) in [4.78, 5) is 35.8. The van der Waals surface area contributed by atoms with Crippen LogP contribution in [0.4, 0.5) is 0 Å². The molecule has 2 aromatic carbocycles. The lowest BCUT2D eigenvalue weighted by atomic mass is 10.1. The number of hydrogen-bond acceptors (Lipinski definition) is 6. The number of aromatic nitrogens is 3. The van der Waals surface area contributed by atoms with Gasteiger partial charge in [-0.25, -0.2) is 14.3 Å². The van der Waals surface area contributed by atoms with Crippen molar-refractivity contribution in [2.75, 3.05) is 7.11 Å². The van der Waals surface area contributed by atoms with Gasteiger partial charge in [0.2, 0.25) is 0 Å². The van der Waals surface area contributed by atoms with Crippen LogP contribution < -0.4 is 5.32 Å². The molecule has 0 radical (unpaired) electrons. The van der Waals surface area contributed by atoms with Gasteiger partial charge >= 0.3 is 11.9 Å². The zero-order valence-electron chi connectivity index (χ0n) is 14.8. The smallest absolute Gasteiger partial charge is 0.360 e. The molecule has 9 nitrogen and oxygen atoms in total. The fourth-order valence-corrected chi connectivity index (χ4v) is 2.62. The maximum Gasteiger partial charge on any atom is 0.360 e. The Labute approximate surface area is 159 Å². The van der Waals surface area contributed by atoms with Crippen molar-refractivity contribution in [3.8, 4) is 5.69 Å². The van der Waals surface area contributed by atoms with Crippen molar-refractivity contribution >= 4 is 17.8 Å². The van der Waals surface area contributed by atoms with Crippen molar-refractivity contribution in [3.05, 3.63) is 77.1 Å². The molecule has 0 saturated heterocycles. The van der Waals surface area contributed by atoms with Crippen LogP contribution in [0.3, 0.4) is 0 Å². The van der Waals surface area contributed by atoms with Crippen molar-refractivity contribution in [2.45, 2.75) is 6.54 Å². The maximum absolute atomic E-state index is 12.5. The van der Waals surface area contributed by atoms with Crippen molar-refractivity contribution < 1.29 is 24.2 Å². The van der Waals surface area contributed by atoms with Gasteiger partial charge in [0.25, 0.3) is 5.91 Å². The predicted octanol–water partition coefficient (Wildman–Crippen LogP) is 1.68. The molecule has 1 amide bonds. The largest absolute Gasteiger partial charge is 0.478 e. The normalized spacial score (nSPS) is 10.3. The predicted molar refractivity (Wildman–Crippen MR) is 97.3 cm³/mol. The van der Waals surface area contributed by atoms with Gasteiger partial charge in [0.15, 0.2) is 5.69 Å². The molecule has 0 unspecified atom stereocenters. The van der Waals surface area contributed by atoms with Gasteiger partial charge in [-0.1, -0.05) is 35.5 Å². The molecular formula is C19H16N4O5. The molecule has 142 valence electrons. The Morgan fingerprint density at radius 1 is 1.04 bits per heavy atom. The molecule has 1 aromatic heterocycles. The van der Waals surface area contributed by atoms with E-state index < -0.39 is 17.8 Å². The molecule has 3 rings (SSSR count). The van der Waals surface area contributed by atoms with Crippen LogP contribution in [-0.4, -0.2) is 45.1 Å². The first-order valence-electron chi connectivity index (χ1n) is 8.21. The number of nitrogens with zero attached hydrogens (tertiary/aromatic N) is 3. The molecule has 0 aliphatic rings. The molecule has 1 heterocycles. The first-order valence-corrected chi connectivity index (χ1v) is 8.21. The molecule has 0 aliphatic carbocycles. The Kier molecular flexibility index (Phi) is 5.45. The standard InChI is InChI=1S/C19H16N4O5/c1-28-19(27)16-15(23(22-21-16)12-7-3-2-4-8-12)11-20-17(24)13-9-5-6-10-14(13)18(25)26/h2-10H,11H2,1H3,(H,20,24)(H,25,26). The molecular weight excluding hydrogens is 364 g/mol. The Bertz CT molecular complexity index is 1030. The summed E-state index contributed by atoms with van der Waals surface area (Å²) < 4.78 is 6.14. The van der Waals surface area contributed by atoms with Gasteiger partial charge in [-0.3, -0.25) is 4.79 Å². The molecule has 3 aromatic rings. The Hall–Kier alpha value is -4.01. The summed E-state index contributed by atoms with van der Waals surface area (Å²) in [5.74, 6) is -2.51. The van der Waals surface area contributed by atoms with E-state index >= 15 is 0 Å². The van der Waals surface area contributed by atoms with Gasteiger partial charge in [0, 0.05) is 0 Å². The number of esters is 1. The summed E-state index contributed by atoms with van der Waals surface area (Å²) in [6, 6.07) is 14.8. The van der Waals surface area contributed by atoms with Gasteiger partial charge in [0.05, 0.1) is 36.2 Å². The number of carboxylic acids is 1. The minimum Gasteiger partial charge on any atom is -0.478 e. The zero-order valence-corrected chi connectivity index (χ0v) is 14.8. The van der Waals surface area contributed by atoms with Gasteiger partial charge in [-0.15, -0.1) is 5.10 Å². The third kappa shape index (κ3) is 3.73. The van der Waals surface area contributed by atoms with Crippen LogP contribution in [0, 0.1) is 0 Å². The fourth-order valence-electron chi connectivity index (χ4n) is 2.62. The van der Waals surface area contributed by atoms with Gasteiger partial charge < -0.3 is 15.2 Å². The third-order valence-corrected chi connectivity index (χ3v) is 3.96. The maximum atomic E-state index is 12.5. The minimum absolute atomic E-state index is 0.00773. The van der Waals surface area contributed by atoms with Crippen molar-refractivity contribution in [2.24, 2.45) is 0 Å². The highest BCUT2D eigenvalue weighted by Crippen LogP contribution is 2.15. The molecule has 2 N–H and O–H groups in total. The number of benzene rings is 2. The van der Waals surface area contributed by atoms with E-state index in [1.807, 2.05) is 6.07 Å². The Morgan fingerprint density at radius 2 is 1.68 bits per heavy atom. The summed E-state index contributed by atoms with van der Waals surface area (Å²) >= 11 is 0. The number of methoxy groups -OCH3 is 1. The van der Waals surface area contributed by atoms with Crippen LogP contribution >= 0.6 is 0 Å². The van der Waals surface area contributed by atoms with Gasteiger partial charge in [0.1, 0.15) is 0 Å². The number of rotatable bonds is 6. The molecule has 0 aliphatic heterocycles. The van der Waals surface area contributed by atoms with E-state index in [4.69, 9.17) is 4.74 Å². The van der Waals surface area contributed by atoms with Crippen LogP contribution in [0.2, 0.25) is 0 Å². The minimum atomic E-state index is -1.21. The van der Waals surface area contributed by atoms with E-state index in [1.165, 1.54) is 30.0 Å². The number of aromatic carboxylic acids is 1. The summed E-state index contributed by atoms with van der Waals surface area (Å²) in [6.07, 6.45) is 0. The second-order valence-corrected chi connectivity index (χ2v) is 5.66. The van der Waals surface area contributed by atoms with E-state index in [9.17, 15) is 19.5 Å². The highest BCUT2D eigenvalue weighted by Gasteiger charge is 2.23. The first kappa shape index (κ1) is 18.8. The monoisotopic (exact) mass is 380 g/mol. The number of nitrogens with one attached hydrogen (secondary N) is 1. The molecule has 0 atom stereocenters. The second kappa shape index (κ2) is 8.12. The summed E-state index contributed by atoms with van der Waals surface area (Å²) in [5.41, 5.74) is 0.786. The Balaban J connectivity index is 1.92. The van der Waals surface area contributed by atoms with Crippen LogP contribution in [0.25, 0.3) is 5.69 Å². The number of para-hydroxylation sites is 1. The summed E-state index contributed by atoms with van der Waals surface area (Å²) in [5, 5.41) is 19.7. The van der Waals surface area contributed by atoms with Crippen LogP contribution in [0.5, 0.6) is 0 Å². The average Bonchev–Trinajstić information content (AvgIpc) is 3.15. The van der Waals surface area contributed by atoms with Crippen LogP contribution in [-0.2, 0) is 11.3 Å². The van der Waals surface area contributed by atoms with E-state index in [-0.39, 0.29) is 23.4 Å². The van der Waals surface area contributed by atoms with Gasteiger partial charge in [-0.2, -0.15) is 0 Å². The second-order valence-electron chi connectivity index (χ2n) is 5.66. The number of ether oxygens (including phenoxy) is 1. The lowest BCUT2D eigenvalue weighted by molar-refractivity contribution is 0.0591. The lowest BCUT2D eigenvalue weighted by Crippen LogP contribution is -2.27. The fraction of sp³-hybridized carbons (Fsp3) is 0.105. The third-order valence-electron chi connectivity index (χ3n) is 3.96. The molecule has 0 fully saturated rings. The van der Waals surface area contributed by atoms with E-state index in [1.54, 1.807) is 30.3 Å². The van der Waals surface area contributed by atoms with E-state index in [0.29, 0.717) is 11.4 Å². The number of carboxylic acid groups (broad SMARTS) is 1. The zero-order chi connectivity index (χ0) is 20.1.